The zero-order valence-electron chi connectivity index (χ0n) is 22.5. The Morgan fingerprint density at radius 2 is 1.22 bits per heavy atom. The van der Waals surface area contributed by atoms with E-state index in [0.717, 1.165) is 25.9 Å². The van der Waals surface area contributed by atoms with Gasteiger partial charge in [-0.1, -0.05) is 82.2 Å². The molecule has 0 fully saturated rings. The smallest absolute Gasteiger partial charge is 0.155 e. The number of allylic oxidation sites excluding steroid dienone is 2. The number of aromatic nitrogens is 1. The first-order chi connectivity index (χ1) is 19.5. The molecule has 0 aliphatic carbocycles. The minimum atomic E-state index is -0.125. The fourth-order valence-electron chi connectivity index (χ4n) is 3.57. The van der Waals surface area contributed by atoms with Crippen molar-refractivity contribution >= 4 is 41.1 Å². The van der Waals surface area contributed by atoms with Gasteiger partial charge in [0.1, 0.15) is 0 Å². The quantitative estimate of drug-likeness (QED) is 0.0964. The second-order valence-corrected chi connectivity index (χ2v) is 12.0. The maximum Gasteiger partial charge on any atom is 0.155 e. The van der Waals surface area contributed by atoms with Gasteiger partial charge in [-0.15, -0.1) is 47.3 Å². The Bertz CT molecular complexity index is 1560. The zero-order valence-corrected chi connectivity index (χ0v) is 27.3. The summed E-state index contributed by atoms with van der Waals surface area (Å²) < 4.78 is 0. The number of aliphatic hydroxyl groups is 1. The van der Waals surface area contributed by atoms with Gasteiger partial charge in [0.25, 0.3) is 0 Å². The van der Waals surface area contributed by atoms with Gasteiger partial charge in [0.2, 0.25) is 0 Å². The van der Waals surface area contributed by atoms with Gasteiger partial charge in [-0.3, -0.25) is 4.79 Å². The monoisotopic (exact) mass is 771 g/mol. The predicted molar refractivity (Wildman–Crippen MR) is 167 cm³/mol. The molecule has 0 unspecified atom stereocenters. The first kappa shape index (κ1) is 32.5. The Labute approximate surface area is 268 Å². The van der Waals surface area contributed by atoms with Crippen molar-refractivity contribution in [1.82, 2.24) is 4.98 Å². The molecule has 0 amide bonds. The summed E-state index contributed by atoms with van der Waals surface area (Å²) in [6.07, 6.45) is 3.05. The fraction of sp³-hybridized carbons (Fsp3) is 0.0588. The Kier molecular flexibility index (Phi) is 13.5. The summed E-state index contributed by atoms with van der Waals surface area (Å²) in [7, 11) is 0. The van der Waals surface area contributed by atoms with E-state index in [1.54, 1.807) is 35.3 Å². The molecule has 0 atom stereocenters. The van der Waals surface area contributed by atoms with E-state index in [1.807, 2.05) is 24.4 Å². The minimum Gasteiger partial charge on any atom is -0.512 e. The second kappa shape index (κ2) is 17.0. The number of rotatable bonds is 8. The summed E-state index contributed by atoms with van der Waals surface area (Å²) in [5.41, 5.74) is 1.96. The molecule has 0 saturated carbocycles. The Balaban J connectivity index is 0.000000516. The molecule has 5 aromatic rings. The molecule has 1 aromatic heterocycles. The van der Waals surface area contributed by atoms with E-state index in [0.29, 0.717) is 0 Å². The topological polar surface area (TPSA) is 50.2 Å². The molecule has 3 nitrogen and oxygen atoms in total. The molecule has 7 heteroatoms. The third-order valence-electron chi connectivity index (χ3n) is 5.21. The van der Waals surface area contributed by atoms with E-state index in [-0.39, 0.29) is 31.6 Å². The maximum absolute atomic E-state index is 10.0. The van der Waals surface area contributed by atoms with Gasteiger partial charge in [-0.05, 0) is 62.0 Å². The number of pyridine rings is 1. The molecule has 4 aromatic carbocycles. The average Bonchev–Trinajstić information content (AvgIpc) is 2.95. The van der Waals surface area contributed by atoms with Crippen LogP contribution in [0.4, 0.5) is 0 Å². The standard InChI is InChI=1S/C29H20NS3.C5H8O2.Ir/c1-4-10-22(11-5-1)31-25-16-17-27(29(21-25)33-24-14-8-3-9-15-24)28-20-26(18-19-30-28)32-23-12-6-2-7-13-23;1-4(6)3-5(2)7;/h1-16,18-21H;3,6H,1-2H3;/q-1;;/b;4-3-;. The number of carbonyl (C=O) groups excluding carboxylic acids is 1. The van der Waals surface area contributed by atoms with Gasteiger partial charge < -0.3 is 10.1 Å². The number of ketones is 1. The van der Waals surface area contributed by atoms with Gasteiger partial charge in [-0.25, -0.2) is 0 Å². The van der Waals surface area contributed by atoms with Crippen molar-refractivity contribution < 1.29 is 30.0 Å². The molecule has 1 N–H and O–H groups in total. The maximum atomic E-state index is 10.0. The number of hydrogen-bond acceptors (Lipinski definition) is 6. The minimum absolute atomic E-state index is 0. The van der Waals surface area contributed by atoms with Crippen LogP contribution in [-0.4, -0.2) is 15.9 Å². The molecule has 0 spiro atoms. The van der Waals surface area contributed by atoms with Crippen LogP contribution < -0.4 is 0 Å². The zero-order chi connectivity index (χ0) is 28.2. The normalized spacial score (nSPS) is 10.6. The Morgan fingerprint density at radius 3 is 1.71 bits per heavy atom. The van der Waals surface area contributed by atoms with E-state index in [4.69, 9.17) is 10.1 Å². The van der Waals surface area contributed by atoms with Crippen molar-refractivity contribution in [1.29, 1.82) is 0 Å². The Hall–Kier alpha value is -3.06. The predicted octanol–water partition coefficient (Wildman–Crippen LogP) is 10.0. The van der Waals surface area contributed by atoms with Crippen molar-refractivity contribution in [2.45, 2.75) is 43.2 Å². The van der Waals surface area contributed by atoms with Gasteiger partial charge in [0, 0.05) is 52.0 Å². The van der Waals surface area contributed by atoms with Crippen LogP contribution in [0.25, 0.3) is 11.3 Å². The van der Waals surface area contributed by atoms with Crippen molar-refractivity contribution in [3.05, 3.63) is 139 Å². The van der Waals surface area contributed by atoms with E-state index >= 15 is 0 Å². The van der Waals surface area contributed by atoms with Crippen LogP contribution in [0, 0.1) is 6.07 Å². The first-order valence-electron chi connectivity index (χ1n) is 12.5. The molecular formula is C34H28IrNO2S3-. The summed E-state index contributed by atoms with van der Waals surface area (Å²) in [5.74, 6) is -0.0625. The van der Waals surface area contributed by atoms with Crippen LogP contribution in [0.3, 0.4) is 0 Å². The Morgan fingerprint density at radius 1 is 0.707 bits per heavy atom. The molecule has 0 aliphatic rings. The third-order valence-corrected chi connectivity index (χ3v) is 8.23. The summed E-state index contributed by atoms with van der Waals surface area (Å²) in [6, 6.07) is 43.4. The number of aliphatic hydroxyl groups excluding tert-OH is 1. The van der Waals surface area contributed by atoms with Crippen LogP contribution in [0.2, 0.25) is 0 Å². The molecule has 41 heavy (non-hydrogen) atoms. The first-order valence-corrected chi connectivity index (χ1v) is 15.0. The van der Waals surface area contributed by atoms with Crippen LogP contribution in [0.5, 0.6) is 0 Å². The number of hydrogen-bond donors (Lipinski definition) is 1. The summed E-state index contributed by atoms with van der Waals surface area (Å²) in [4.78, 5) is 21.8. The van der Waals surface area contributed by atoms with Gasteiger partial charge in [0.05, 0.1) is 5.76 Å². The van der Waals surface area contributed by atoms with Gasteiger partial charge in [-0.2, -0.15) is 0 Å². The van der Waals surface area contributed by atoms with Gasteiger partial charge in [0.15, 0.2) is 5.78 Å². The summed E-state index contributed by atoms with van der Waals surface area (Å²) >= 11 is 5.25. The second-order valence-electron chi connectivity index (χ2n) is 8.59. The molecule has 1 heterocycles. The number of benzene rings is 4. The summed E-state index contributed by atoms with van der Waals surface area (Å²) in [6.45, 7) is 2.85. The molecule has 0 aliphatic heterocycles. The molecule has 0 saturated heterocycles. The van der Waals surface area contributed by atoms with Crippen LogP contribution in [0.1, 0.15) is 13.8 Å². The van der Waals surface area contributed by atoms with Crippen LogP contribution >= 0.6 is 35.3 Å². The largest absolute Gasteiger partial charge is 0.512 e. The van der Waals surface area contributed by atoms with Crippen molar-refractivity contribution in [3.8, 4) is 11.3 Å². The van der Waals surface area contributed by atoms with E-state index in [2.05, 4.69) is 103 Å². The average molecular weight is 771 g/mol. The van der Waals surface area contributed by atoms with E-state index < -0.39 is 0 Å². The molecule has 209 valence electrons. The van der Waals surface area contributed by atoms with Crippen LogP contribution in [-0.2, 0) is 24.9 Å². The van der Waals surface area contributed by atoms with E-state index in [1.165, 1.54) is 34.6 Å². The van der Waals surface area contributed by atoms with Crippen molar-refractivity contribution in [3.63, 3.8) is 0 Å². The van der Waals surface area contributed by atoms with Gasteiger partial charge >= 0.3 is 0 Å². The molecule has 5 rings (SSSR count). The van der Waals surface area contributed by atoms with E-state index in [9.17, 15) is 4.79 Å². The third kappa shape index (κ3) is 11.0. The molecular weight excluding hydrogens is 743 g/mol. The van der Waals surface area contributed by atoms with Crippen molar-refractivity contribution in [2.24, 2.45) is 0 Å². The van der Waals surface area contributed by atoms with Crippen molar-refractivity contribution in [2.75, 3.05) is 0 Å². The molecule has 1 radical (unpaired) electrons. The SMILES string of the molecule is CC(=O)/C=C(/C)O.[Ir].[c-]1cc(Sc2ccccc2)cc(Sc2ccccc2)c1-c1cc(Sc2ccccc2)ccn1. The number of carbonyl (C=O) groups is 1. The summed E-state index contributed by atoms with van der Waals surface area (Å²) in [5, 5.41) is 8.36. The van der Waals surface area contributed by atoms with Crippen LogP contribution in [0.15, 0.2) is 163 Å². The number of nitrogens with zero attached hydrogens (tertiary/aromatic N) is 1. The molecule has 0 bridgehead atoms. The fourth-order valence-corrected chi connectivity index (χ4v) is 6.37.